The topological polar surface area (TPSA) is 58.3 Å². The Morgan fingerprint density at radius 2 is 2.07 bits per heavy atom. The molecule has 1 rings (SSSR count). The number of anilines is 2. The molecule has 0 fully saturated rings. The van der Waals surface area contributed by atoms with Crippen molar-refractivity contribution in [1.29, 1.82) is 0 Å². The predicted molar refractivity (Wildman–Crippen MR) is 65.2 cm³/mol. The molecule has 4 N–H and O–H groups in total. The average molecular weight is 229 g/mol. The highest BCUT2D eigenvalue weighted by Gasteiger charge is 2.24. The van der Waals surface area contributed by atoms with Crippen LogP contribution in [0.25, 0.3) is 0 Å². The van der Waals surface area contributed by atoms with Gasteiger partial charge in [0.25, 0.3) is 0 Å². The van der Waals surface area contributed by atoms with Gasteiger partial charge in [0.15, 0.2) is 0 Å². The molecule has 0 aromatic heterocycles. The maximum absolute atomic E-state index is 9.57. The fourth-order valence-corrected chi connectivity index (χ4v) is 1.26. The number of nitrogen functional groups attached to an aromatic ring is 1. The zero-order chi connectivity index (χ0) is 11.6. The standard InChI is InChI=1S/C11H17ClN2O/c1-7(15)11(2,3)14-10-6-8(12)4-5-9(10)13/h4-7,14-15H,13H2,1-3H3. The van der Waals surface area contributed by atoms with Gasteiger partial charge in [0.2, 0.25) is 0 Å². The van der Waals surface area contributed by atoms with E-state index in [0.29, 0.717) is 10.7 Å². The fraction of sp³-hybridized carbons (Fsp3) is 0.455. The third-order valence-electron chi connectivity index (χ3n) is 2.52. The van der Waals surface area contributed by atoms with Gasteiger partial charge in [0.1, 0.15) is 0 Å². The second kappa shape index (κ2) is 4.29. The van der Waals surface area contributed by atoms with Crippen molar-refractivity contribution in [2.24, 2.45) is 0 Å². The van der Waals surface area contributed by atoms with E-state index in [0.717, 1.165) is 5.69 Å². The van der Waals surface area contributed by atoms with Gasteiger partial charge in [-0.3, -0.25) is 0 Å². The number of hydrogen-bond donors (Lipinski definition) is 3. The Hall–Kier alpha value is -0.930. The van der Waals surface area contributed by atoms with Gasteiger partial charge >= 0.3 is 0 Å². The summed E-state index contributed by atoms with van der Waals surface area (Å²) in [6, 6.07) is 5.22. The number of nitrogens with two attached hydrogens (primary N) is 1. The molecule has 0 heterocycles. The van der Waals surface area contributed by atoms with Crippen molar-refractivity contribution in [2.45, 2.75) is 32.4 Å². The maximum atomic E-state index is 9.57. The third kappa shape index (κ3) is 3.01. The van der Waals surface area contributed by atoms with Crippen LogP contribution < -0.4 is 11.1 Å². The SMILES string of the molecule is CC(O)C(C)(C)Nc1cc(Cl)ccc1N. The lowest BCUT2D eigenvalue weighted by atomic mass is 9.98. The molecule has 84 valence electrons. The lowest BCUT2D eigenvalue weighted by Gasteiger charge is -2.31. The summed E-state index contributed by atoms with van der Waals surface area (Å²) in [6.45, 7) is 5.53. The lowest BCUT2D eigenvalue weighted by molar-refractivity contribution is 0.133. The number of rotatable bonds is 3. The summed E-state index contributed by atoms with van der Waals surface area (Å²) < 4.78 is 0. The molecule has 0 aliphatic rings. The molecule has 4 heteroatoms. The van der Waals surface area contributed by atoms with Gasteiger partial charge in [0.05, 0.1) is 23.0 Å². The van der Waals surface area contributed by atoms with Gasteiger partial charge in [-0.2, -0.15) is 0 Å². The fourth-order valence-electron chi connectivity index (χ4n) is 1.09. The van der Waals surface area contributed by atoms with Crippen LogP contribution in [0.3, 0.4) is 0 Å². The van der Waals surface area contributed by atoms with Gasteiger partial charge in [0, 0.05) is 5.02 Å². The zero-order valence-electron chi connectivity index (χ0n) is 9.21. The molecule has 1 aromatic rings. The Balaban J connectivity index is 2.94. The third-order valence-corrected chi connectivity index (χ3v) is 2.75. The number of halogens is 1. The minimum absolute atomic E-state index is 0.446. The summed E-state index contributed by atoms with van der Waals surface area (Å²) in [5.41, 5.74) is 6.71. The van der Waals surface area contributed by atoms with Crippen LogP contribution in [0.5, 0.6) is 0 Å². The highest BCUT2D eigenvalue weighted by molar-refractivity contribution is 6.31. The van der Waals surface area contributed by atoms with Crippen molar-refractivity contribution < 1.29 is 5.11 Å². The van der Waals surface area contributed by atoms with E-state index in [2.05, 4.69) is 5.32 Å². The van der Waals surface area contributed by atoms with E-state index in [-0.39, 0.29) is 0 Å². The van der Waals surface area contributed by atoms with Crippen LogP contribution >= 0.6 is 11.6 Å². The van der Waals surface area contributed by atoms with Crippen molar-refractivity contribution >= 4 is 23.0 Å². The quantitative estimate of drug-likeness (QED) is 0.697. The minimum atomic E-state index is -0.490. The first-order valence-electron chi connectivity index (χ1n) is 4.84. The van der Waals surface area contributed by atoms with Crippen LogP contribution in [0.1, 0.15) is 20.8 Å². The smallest absolute Gasteiger partial charge is 0.0736 e. The van der Waals surface area contributed by atoms with Crippen molar-refractivity contribution in [3.63, 3.8) is 0 Å². The van der Waals surface area contributed by atoms with E-state index in [4.69, 9.17) is 17.3 Å². The van der Waals surface area contributed by atoms with Crippen LogP contribution in [-0.2, 0) is 0 Å². The first-order chi connectivity index (χ1) is 6.83. The Bertz CT molecular complexity index is 350. The Morgan fingerprint density at radius 3 is 2.60 bits per heavy atom. The summed E-state index contributed by atoms with van der Waals surface area (Å²) in [7, 11) is 0. The monoisotopic (exact) mass is 228 g/mol. The number of aliphatic hydroxyl groups is 1. The Kier molecular flexibility index (Phi) is 3.47. The molecule has 0 aliphatic carbocycles. The van der Waals surface area contributed by atoms with E-state index in [1.165, 1.54) is 0 Å². The van der Waals surface area contributed by atoms with E-state index in [9.17, 15) is 5.11 Å². The molecule has 0 spiro atoms. The highest BCUT2D eigenvalue weighted by Crippen LogP contribution is 2.27. The summed E-state index contributed by atoms with van der Waals surface area (Å²) in [5.74, 6) is 0. The van der Waals surface area contributed by atoms with Gasteiger partial charge in [-0.05, 0) is 39.0 Å². The molecule has 1 unspecified atom stereocenters. The molecule has 15 heavy (non-hydrogen) atoms. The largest absolute Gasteiger partial charge is 0.397 e. The van der Waals surface area contributed by atoms with Crippen molar-refractivity contribution in [1.82, 2.24) is 0 Å². The van der Waals surface area contributed by atoms with Crippen LogP contribution in [0.4, 0.5) is 11.4 Å². The van der Waals surface area contributed by atoms with Crippen LogP contribution in [-0.4, -0.2) is 16.7 Å². The maximum Gasteiger partial charge on any atom is 0.0736 e. The molecule has 0 bridgehead atoms. The summed E-state index contributed by atoms with van der Waals surface area (Å²) >= 11 is 5.87. The van der Waals surface area contributed by atoms with Crippen LogP contribution in [0.15, 0.2) is 18.2 Å². The lowest BCUT2D eigenvalue weighted by Crippen LogP contribution is -2.42. The first-order valence-corrected chi connectivity index (χ1v) is 5.22. The summed E-state index contributed by atoms with van der Waals surface area (Å²) in [6.07, 6.45) is -0.490. The van der Waals surface area contributed by atoms with Gasteiger partial charge < -0.3 is 16.2 Å². The highest BCUT2D eigenvalue weighted by atomic mass is 35.5. The normalized spacial score (nSPS) is 13.7. The van der Waals surface area contributed by atoms with E-state index in [1.807, 2.05) is 13.8 Å². The predicted octanol–water partition coefficient (Wildman–Crippen LogP) is 2.49. The van der Waals surface area contributed by atoms with Gasteiger partial charge in [-0.1, -0.05) is 11.6 Å². The Labute approximate surface area is 95.2 Å². The number of aliphatic hydroxyl groups excluding tert-OH is 1. The number of nitrogens with one attached hydrogen (secondary N) is 1. The molecular weight excluding hydrogens is 212 g/mol. The van der Waals surface area contributed by atoms with E-state index >= 15 is 0 Å². The molecule has 1 aromatic carbocycles. The average Bonchev–Trinajstić information content (AvgIpc) is 2.10. The number of hydrogen-bond acceptors (Lipinski definition) is 3. The molecule has 0 aliphatic heterocycles. The molecule has 1 atom stereocenters. The first kappa shape index (κ1) is 12.1. The molecule has 0 radical (unpaired) electrons. The van der Waals surface area contributed by atoms with E-state index in [1.54, 1.807) is 25.1 Å². The number of benzene rings is 1. The van der Waals surface area contributed by atoms with Gasteiger partial charge in [-0.15, -0.1) is 0 Å². The molecular formula is C11H17ClN2O. The van der Waals surface area contributed by atoms with Crippen LogP contribution in [0.2, 0.25) is 5.02 Å². The second-order valence-corrected chi connectivity index (χ2v) is 4.69. The molecule has 3 nitrogen and oxygen atoms in total. The summed E-state index contributed by atoms with van der Waals surface area (Å²) in [4.78, 5) is 0. The zero-order valence-corrected chi connectivity index (χ0v) is 9.97. The second-order valence-electron chi connectivity index (χ2n) is 4.25. The van der Waals surface area contributed by atoms with Crippen molar-refractivity contribution in [2.75, 3.05) is 11.1 Å². The molecule has 0 saturated carbocycles. The van der Waals surface area contributed by atoms with Crippen LogP contribution in [0, 0.1) is 0 Å². The molecule has 0 saturated heterocycles. The van der Waals surface area contributed by atoms with E-state index < -0.39 is 11.6 Å². The van der Waals surface area contributed by atoms with Crippen molar-refractivity contribution in [3.05, 3.63) is 23.2 Å². The van der Waals surface area contributed by atoms with Gasteiger partial charge in [-0.25, -0.2) is 0 Å². The Morgan fingerprint density at radius 1 is 1.47 bits per heavy atom. The van der Waals surface area contributed by atoms with Crippen molar-refractivity contribution in [3.8, 4) is 0 Å². The minimum Gasteiger partial charge on any atom is -0.397 e. The summed E-state index contributed by atoms with van der Waals surface area (Å²) in [5, 5.41) is 13.4. The molecule has 0 amide bonds.